The van der Waals surface area contributed by atoms with Gasteiger partial charge in [0.15, 0.2) is 6.61 Å². The van der Waals surface area contributed by atoms with Gasteiger partial charge in [-0.05, 0) is 50.4 Å². The van der Waals surface area contributed by atoms with Gasteiger partial charge in [0.05, 0.1) is 40.8 Å². The molecule has 2 saturated heterocycles. The van der Waals surface area contributed by atoms with Gasteiger partial charge in [0.2, 0.25) is 5.95 Å². The van der Waals surface area contributed by atoms with Gasteiger partial charge in [-0.15, -0.1) is 0 Å². The van der Waals surface area contributed by atoms with E-state index in [0.29, 0.717) is 88.0 Å². The smallest absolute Gasteiger partial charge is 0.422 e. The van der Waals surface area contributed by atoms with Gasteiger partial charge >= 0.3 is 6.18 Å². The molecule has 0 spiro atoms. The lowest BCUT2D eigenvalue weighted by molar-refractivity contribution is -0.153. The molecule has 5 aromatic rings. The number of hydrogen-bond donors (Lipinski definition) is 5. The summed E-state index contributed by atoms with van der Waals surface area (Å²) in [4.78, 5) is 25.9. The van der Waals surface area contributed by atoms with Crippen molar-refractivity contribution in [1.82, 2.24) is 35.1 Å². The minimum absolute atomic E-state index is 0.0478. The van der Waals surface area contributed by atoms with Crippen LogP contribution in [0.5, 0.6) is 5.75 Å². The van der Waals surface area contributed by atoms with Crippen molar-refractivity contribution in [2.45, 2.75) is 25.1 Å². The number of allylic oxidation sites excluding steroid dienone is 1. The zero-order chi connectivity index (χ0) is 38.7. The van der Waals surface area contributed by atoms with Gasteiger partial charge in [0, 0.05) is 93.2 Å². The number of halogens is 3. The van der Waals surface area contributed by atoms with Crippen LogP contribution >= 0.6 is 7.14 Å². The van der Waals surface area contributed by atoms with E-state index in [4.69, 9.17) is 19.9 Å². The van der Waals surface area contributed by atoms with Gasteiger partial charge in [0.1, 0.15) is 29.9 Å². The Morgan fingerprint density at radius 3 is 2.53 bits per heavy atom. The lowest BCUT2D eigenvalue weighted by atomic mass is 9.98. The van der Waals surface area contributed by atoms with Crippen LogP contribution in [0.25, 0.3) is 27.6 Å². The van der Waals surface area contributed by atoms with Crippen molar-refractivity contribution in [3.8, 4) is 5.75 Å². The number of ether oxygens (including phenoxy) is 2. The molecule has 3 aromatic heterocycles. The van der Waals surface area contributed by atoms with Crippen LogP contribution < -0.4 is 30.9 Å². The van der Waals surface area contributed by atoms with E-state index in [9.17, 15) is 17.7 Å². The summed E-state index contributed by atoms with van der Waals surface area (Å²) < 4.78 is 65.7. The summed E-state index contributed by atoms with van der Waals surface area (Å²) in [7, 11) is -1.19. The third-order valence-corrected chi connectivity index (χ3v) is 11.2. The van der Waals surface area contributed by atoms with Crippen LogP contribution in [-0.4, -0.2) is 115 Å². The Morgan fingerprint density at radius 2 is 1.82 bits per heavy atom. The van der Waals surface area contributed by atoms with Crippen molar-refractivity contribution >= 4 is 75.1 Å². The maximum absolute atomic E-state index is 13.7. The van der Waals surface area contributed by atoms with E-state index in [1.807, 2.05) is 0 Å². The Morgan fingerprint density at radius 1 is 1.05 bits per heavy atom. The molecule has 0 amide bonds. The zero-order valence-electron chi connectivity index (χ0n) is 30.7. The van der Waals surface area contributed by atoms with Crippen LogP contribution in [0.15, 0.2) is 55.1 Å². The topological polar surface area (TPSA) is 169 Å². The molecule has 0 unspecified atom stereocenters. The third kappa shape index (κ3) is 8.53. The number of rotatable bonds is 12. The molecule has 18 heteroatoms. The van der Waals surface area contributed by atoms with E-state index in [1.165, 1.54) is 6.21 Å². The molecule has 290 valence electrons. The maximum atomic E-state index is 13.7. The summed E-state index contributed by atoms with van der Waals surface area (Å²) in [5.74, 6) is 0.337. The molecule has 5 heterocycles. The summed E-state index contributed by atoms with van der Waals surface area (Å²) in [5.41, 5.74) is 3.97. The monoisotopic (exact) mass is 777 g/mol. The third-order valence-electron chi connectivity index (χ3n) is 9.69. The Kier molecular flexibility index (Phi) is 11.0. The van der Waals surface area contributed by atoms with Gasteiger partial charge in [-0.2, -0.15) is 23.1 Å². The minimum Gasteiger partial charge on any atom is -0.482 e. The molecule has 2 aliphatic heterocycles. The number of nitrogens with zero attached hydrogens (tertiary/aromatic N) is 6. The molecule has 0 aliphatic carbocycles. The zero-order valence-corrected chi connectivity index (χ0v) is 31.6. The Balaban J connectivity index is 1.28. The van der Waals surface area contributed by atoms with Crippen LogP contribution in [0.3, 0.4) is 0 Å². The average Bonchev–Trinajstić information content (AvgIpc) is 3.65. The number of piperidine rings is 1. The highest BCUT2D eigenvalue weighted by atomic mass is 31.2. The number of hydrogen-bond acceptors (Lipinski definition) is 13. The van der Waals surface area contributed by atoms with Crippen LogP contribution in [0, 0.1) is 5.41 Å². The van der Waals surface area contributed by atoms with E-state index >= 15 is 0 Å². The maximum Gasteiger partial charge on any atom is 0.422 e. The summed E-state index contributed by atoms with van der Waals surface area (Å²) in [6.45, 7) is 6.27. The molecular formula is C37H43F3N11O3P. The van der Waals surface area contributed by atoms with Crippen molar-refractivity contribution in [2.75, 3.05) is 81.9 Å². The molecule has 0 atom stereocenters. The van der Waals surface area contributed by atoms with E-state index < -0.39 is 19.9 Å². The highest BCUT2D eigenvalue weighted by Crippen LogP contribution is 2.42. The largest absolute Gasteiger partial charge is 0.482 e. The number of benzene rings is 2. The van der Waals surface area contributed by atoms with Crippen LogP contribution in [0.1, 0.15) is 18.4 Å². The number of alkyl halides is 3. The highest BCUT2D eigenvalue weighted by Gasteiger charge is 2.31. The molecule has 7 rings (SSSR count). The summed E-state index contributed by atoms with van der Waals surface area (Å²) in [6.07, 6.45) is 4.80. The first-order chi connectivity index (χ1) is 26.4. The van der Waals surface area contributed by atoms with Crippen molar-refractivity contribution < 1.29 is 27.2 Å². The van der Waals surface area contributed by atoms with Gasteiger partial charge in [-0.25, -0.2) is 0 Å². The molecule has 0 radical (unpaired) electrons. The first-order valence-corrected chi connectivity index (χ1v) is 20.5. The predicted octanol–water partition coefficient (Wildman–Crippen LogP) is 6.09. The van der Waals surface area contributed by atoms with Gasteiger partial charge < -0.3 is 45.3 Å². The van der Waals surface area contributed by atoms with E-state index in [2.05, 4.69) is 45.7 Å². The quantitative estimate of drug-likeness (QED) is 0.0732. The summed E-state index contributed by atoms with van der Waals surface area (Å²) >= 11 is 0. The normalized spacial score (nSPS) is 16.4. The van der Waals surface area contributed by atoms with E-state index in [1.54, 1.807) is 75.5 Å². The molecule has 2 aromatic carbocycles. The molecular weight excluding hydrogens is 734 g/mol. The van der Waals surface area contributed by atoms with Crippen molar-refractivity contribution in [3.05, 3.63) is 60.7 Å². The first kappa shape index (κ1) is 38.0. The Bertz CT molecular complexity index is 2260. The van der Waals surface area contributed by atoms with Crippen molar-refractivity contribution in [3.63, 3.8) is 0 Å². The standard InChI is InChI=1S/C37H43F3N11O3P/c1-42-21-23(20-41)26-18-29(31(54-22-37(38,39)40)19-30(26)51-12-7-24(8-13-51)50-14-16-53-17-15-50)47-36-48-34-25(6-9-45-34)35(49-36)46-28-5-4-27-32(44-11-10-43-27)33(28)55(2,3)52/h4-6,9-11,18-21,24,41-42H,7-8,12-17,22H2,1-3H3,(H3,45,46,47,48,49)/b23-21+,41-20?. The molecule has 55 heavy (non-hydrogen) atoms. The SMILES string of the molecule is CN/C=C(\C=N)c1cc(Nc2nc(Nc3ccc4nccnc4c3P(C)(C)=O)c3cc[nH]c3n2)c(OCC(F)(F)F)cc1N1CCC(N2CCOCC2)CC1. The lowest BCUT2D eigenvalue weighted by Crippen LogP contribution is -2.49. The second-order valence-electron chi connectivity index (χ2n) is 13.8. The number of aromatic amines is 1. The number of morpholine rings is 1. The summed E-state index contributed by atoms with van der Waals surface area (Å²) in [5, 5.41) is 18.8. The molecule has 5 N–H and O–H groups in total. The molecule has 2 aliphatic rings. The fraction of sp³-hybridized carbons (Fsp3) is 0.378. The van der Waals surface area contributed by atoms with Crippen LogP contribution in [0.2, 0.25) is 0 Å². The van der Waals surface area contributed by atoms with Gasteiger partial charge in [-0.3, -0.25) is 14.9 Å². The van der Waals surface area contributed by atoms with E-state index in [0.717, 1.165) is 25.9 Å². The lowest BCUT2D eigenvalue weighted by Gasteiger charge is -2.41. The fourth-order valence-corrected chi connectivity index (χ4v) is 8.61. The molecule has 0 saturated carbocycles. The number of fused-ring (bicyclic) bond motifs is 2. The molecule has 0 bridgehead atoms. The number of aromatic nitrogens is 5. The highest BCUT2D eigenvalue weighted by molar-refractivity contribution is 7.71. The van der Waals surface area contributed by atoms with Crippen molar-refractivity contribution in [2.24, 2.45) is 0 Å². The first-order valence-electron chi connectivity index (χ1n) is 17.9. The van der Waals surface area contributed by atoms with Crippen molar-refractivity contribution in [1.29, 1.82) is 5.41 Å². The number of anilines is 5. The van der Waals surface area contributed by atoms with Crippen LogP contribution in [0.4, 0.5) is 42.0 Å². The van der Waals surface area contributed by atoms with Gasteiger partial charge in [-0.1, -0.05) is 0 Å². The average molecular weight is 778 g/mol. The number of nitrogens with one attached hydrogen (secondary N) is 5. The predicted molar refractivity (Wildman–Crippen MR) is 211 cm³/mol. The second kappa shape index (κ2) is 15.8. The minimum atomic E-state index is -4.60. The second-order valence-corrected chi connectivity index (χ2v) is 16.9. The fourth-order valence-electron chi connectivity index (χ4n) is 7.21. The van der Waals surface area contributed by atoms with Crippen LogP contribution in [-0.2, 0) is 9.30 Å². The Hall–Kier alpha value is -5.25. The molecule has 14 nitrogen and oxygen atoms in total. The van der Waals surface area contributed by atoms with E-state index in [-0.39, 0.29) is 17.4 Å². The molecule has 2 fully saturated rings. The van der Waals surface area contributed by atoms with Gasteiger partial charge in [0.25, 0.3) is 0 Å². The summed E-state index contributed by atoms with van der Waals surface area (Å²) in [6, 6.07) is 8.97. The number of H-pyrrole nitrogens is 1. The Labute approximate surface area is 315 Å².